The molecule has 2 aliphatic rings. The van der Waals surface area contributed by atoms with E-state index in [1.807, 2.05) is 19.1 Å². The summed E-state index contributed by atoms with van der Waals surface area (Å²) in [5.74, 6) is 1.27. The van der Waals surface area contributed by atoms with Gasteiger partial charge in [-0.1, -0.05) is 22.9 Å². The van der Waals surface area contributed by atoms with Crippen molar-refractivity contribution in [3.63, 3.8) is 0 Å². The van der Waals surface area contributed by atoms with Crippen molar-refractivity contribution in [1.29, 1.82) is 0 Å². The predicted molar refractivity (Wildman–Crippen MR) is 95.9 cm³/mol. The molecule has 8 heteroatoms. The van der Waals surface area contributed by atoms with Crippen LogP contribution in [0.5, 0.6) is 0 Å². The molecule has 1 aliphatic carbocycles. The number of sulfonamides is 1. The Hall–Kier alpha value is -1.77. The van der Waals surface area contributed by atoms with Gasteiger partial charge in [-0.25, -0.2) is 8.42 Å². The highest BCUT2D eigenvalue weighted by Crippen LogP contribution is 2.38. The minimum Gasteiger partial charge on any atom is -0.339 e. The zero-order valence-corrected chi connectivity index (χ0v) is 15.7. The topological polar surface area (TPSA) is 102 Å². The Kier molecular flexibility index (Phi) is 4.37. The van der Waals surface area contributed by atoms with Gasteiger partial charge < -0.3 is 10.3 Å². The van der Waals surface area contributed by atoms with Crippen molar-refractivity contribution < 1.29 is 12.9 Å². The fourth-order valence-corrected chi connectivity index (χ4v) is 5.06. The van der Waals surface area contributed by atoms with E-state index in [0.29, 0.717) is 42.5 Å². The standard InChI is InChI=1S/C18H24N4O3S/c1-13-3-5-15(6-4-13)26(23,24)22-11-7-14(8-12-22)16-20-17(21-25-16)18(19)9-2-10-18/h3-6,14H,2,7-12,19H2,1H3. The zero-order valence-electron chi connectivity index (χ0n) is 14.9. The maximum Gasteiger partial charge on any atom is 0.243 e. The van der Waals surface area contributed by atoms with Crippen molar-refractivity contribution in [3.05, 3.63) is 41.5 Å². The lowest BCUT2D eigenvalue weighted by atomic mass is 9.77. The molecule has 2 heterocycles. The third-order valence-corrected chi connectivity index (χ3v) is 7.51. The van der Waals surface area contributed by atoms with E-state index in [9.17, 15) is 8.42 Å². The molecule has 7 nitrogen and oxygen atoms in total. The lowest BCUT2D eigenvalue weighted by Gasteiger charge is -2.34. The highest BCUT2D eigenvalue weighted by atomic mass is 32.2. The van der Waals surface area contributed by atoms with Crippen LogP contribution in [-0.4, -0.2) is 36.0 Å². The summed E-state index contributed by atoms with van der Waals surface area (Å²) in [6, 6.07) is 6.98. The molecular weight excluding hydrogens is 352 g/mol. The largest absolute Gasteiger partial charge is 0.339 e. The molecular formula is C18H24N4O3S. The van der Waals surface area contributed by atoms with Crippen molar-refractivity contribution in [1.82, 2.24) is 14.4 Å². The zero-order chi connectivity index (χ0) is 18.4. The van der Waals surface area contributed by atoms with Gasteiger partial charge >= 0.3 is 0 Å². The molecule has 0 unspecified atom stereocenters. The Labute approximate surface area is 153 Å². The predicted octanol–water partition coefficient (Wildman–Crippen LogP) is 2.28. The lowest BCUT2D eigenvalue weighted by molar-refractivity contribution is 0.227. The van der Waals surface area contributed by atoms with Gasteiger partial charge in [-0.05, 0) is 51.2 Å². The number of nitrogens with two attached hydrogens (primary N) is 1. The minimum absolute atomic E-state index is 0.0874. The second-order valence-corrected chi connectivity index (χ2v) is 9.40. The first-order valence-electron chi connectivity index (χ1n) is 9.08. The molecule has 1 aromatic carbocycles. The molecule has 0 amide bonds. The van der Waals surface area contributed by atoms with Crippen LogP contribution in [0.2, 0.25) is 0 Å². The van der Waals surface area contributed by atoms with Crippen LogP contribution >= 0.6 is 0 Å². The average molecular weight is 376 g/mol. The van der Waals surface area contributed by atoms with Gasteiger partial charge in [0.05, 0.1) is 10.4 Å². The van der Waals surface area contributed by atoms with E-state index >= 15 is 0 Å². The van der Waals surface area contributed by atoms with E-state index in [1.165, 1.54) is 0 Å². The van der Waals surface area contributed by atoms with Gasteiger partial charge in [0, 0.05) is 19.0 Å². The van der Waals surface area contributed by atoms with Crippen LogP contribution in [0.1, 0.15) is 55.3 Å². The van der Waals surface area contributed by atoms with Crippen LogP contribution in [0, 0.1) is 6.92 Å². The van der Waals surface area contributed by atoms with Crippen LogP contribution < -0.4 is 5.73 Å². The van der Waals surface area contributed by atoms with Gasteiger partial charge in [0.1, 0.15) is 0 Å². The molecule has 1 aromatic heterocycles. The van der Waals surface area contributed by atoms with E-state index in [4.69, 9.17) is 10.3 Å². The second kappa shape index (κ2) is 6.44. The third kappa shape index (κ3) is 3.06. The van der Waals surface area contributed by atoms with Gasteiger partial charge in [0.15, 0.2) is 5.82 Å². The van der Waals surface area contributed by atoms with Gasteiger partial charge in [-0.15, -0.1) is 0 Å². The van der Waals surface area contributed by atoms with Gasteiger partial charge in [-0.2, -0.15) is 9.29 Å². The number of benzene rings is 1. The number of nitrogens with zero attached hydrogens (tertiary/aromatic N) is 3. The molecule has 0 spiro atoms. The van der Waals surface area contributed by atoms with E-state index in [2.05, 4.69) is 10.1 Å². The van der Waals surface area contributed by atoms with Crippen LogP contribution in [-0.2, 0) is 15.6 Å². The quantitative estimate of drug-likeness (QED) is 0.878. The average Bonchev–Trinajstić information content (AvgIpc) is 3.10. The molecule has 0 atom stereocenters. The molecule has 2 fully saturated rings. The highest BCUT2D eigenvalue weighted by molar-refractivity contribution is 7.89. The lowest BCUT2D eigenvalue weighted by Crippen LogP contribution is -2.44. The van der Waals surface area contributed by atoms with Gasteiger partial charge in [0.25, 0.3) is 0 Å². The van der Waals surface area contributed by atoms with Crippen LogP contribution in [0.15, 0.2) is 33.7 Å². The van der Waals surface area contributed by atoms with Crippen molar-refractivity contribution in [3.8, 4) is 0 Å². The van der Waals surface area contributed by atoms with E-state index in [0.717, 1.165) is 24.8 Å². The Balaban J connectivity index is 1.43. The summed E-state index contributed by atoms with van der Waals surface area (Å²) >= 11 is 0. The fraction of sp³-hybridized carbons (Fsp3) is 0.556. The minimum atomic E-state index is -3.45. The first kappa shape index (κ1) is 17.6. The van der Waals surface area contributed by atoms with Gasteiger partial charge in [-0.3, -0.25) is 0 Å². The van der Waals surface area contributed by atoms with Gasteiger partial charge in [0.2, 0.25) is 15.9 Å². The molecule has 1 saturated heterocycles. The Morgan fingerprint density at radius 2 is 1.85 bits per heavy atom. The number of hydrogen-bond donors (Lipinski definition) is 1. The first-order chi connectivity index (χ1) is 12.4. The van der Waals surface area contributed by atoms with E-state index < -0.39 is 15.6 Å². The van der Waals surface area contributed by atoms with Crippen LogP contribution in [0.25, 0.3) is 0 Å². The molecule has 2 aromatic rings. The normalized spacial score (nSPS) is 21.5. The molecule has 0 radical (unpaired) electrons. The summed E-state index contributed by atoms with van der Waals surface area (Å²) in [6.45, 7) is 2.84. The first-order valence-corrected chi connectivity index (χ1v) is 10.5. The smallest absolute Gasteiger partial charge is 0.243 e. The Bertz CT molecular complexity index is 879. The molecule has 2 N–H and O–H groups in total. The molecule has 4 rings (SSSR count). The summed E-state index contributed by atoms with van der Waals surface area (Å²) in [5, 5.41) is 4.07. The number of piperidine rings is 1. The SMILES string of the molecule is Cc1ccc(S(=O)(=O)N2CCC(c3nc(C4(N)CCC4)no3)CC2)cc1. The molecule has 0 bridgehead atoms. The van der Waals surface area contributed by atoms with Crippen molar-refractivity contribution in [2.75, 3.05) is 13.1 Å². The van der Waals surface area contributed by atoms with Crippen LogP contribution in [0.4, 0.5) is 0 Å². The monoisotopic (exact) mass is 376 g/mol. The van der Waals surface area contributed by atoms with Crippen molar-refractivity contribution in [2.45, 2.75) is 55.4 Å². The highest BCUT2D eigenvalue weighted by Gasteiger charge is 2.40. The van der Waals surface area contributed by atoms with Crippen molar-refractivity contribution >= 4 is 10.0 Å². The molecule has 140 valence electrons. The molecule has 26 heavy (non-hydrogen) atoms. The molecule has 1 saturated carbocycles. The maximum atomic E-state index is 12.8. The summed E-state index contributed by atoms with van der Waals surface area (Å²) < 4.78 is 32.5. The van der Waals surface area contributed by atoms with Crippen LogP contribution in [0.3, 0.4) is 0 Å². The maximum absolute atomic E-state index is 12.8. The summed E-state index contributed by atoms with van der Waals surface area (Å²) in [4.78, 5) is 4.86. The number of rotatable bonds is 4. The van der Waals surface area contributed by atoms with E-state index in [-0.39, 0.29) is 5.92 Å². The Morgan fingerprint density at radius 1 is 1.19 bits per heavy atom. The summed E-state index contributed by atoms with van der Waals surface area (Å²) in [7, 11) is -3.45. The number of aromatic nitrogens is 2. The third-order valence-electron chi connectivity index (χ3n) is 5.59. The molecule has 1 aliphatic heterocycles. The number of hydrogen-bond acceptors (Lipinski definition) is 6. The number of aryl methyl sites for hydroxylation is 1. The van der Waals surface area contributed by atoms with Crippen molar-refractivity contribution in [2.24, 2.45) is 5.73 Å². The second-order valence-electron chi connectivity index (χ2n) is 7.46. The summed E-state index contributed by atoms with van der Waals surface area (Å²) in [5.41, 5.74) is 6.86. The fourth-order valence-electron chi connectivity index (χ4n) is 3.59. The summed E-state index contributed by atoms with van der Waals surface area (Å²) in [6.07, 6.45) is 4.21. The Morgan fingerprint density at radius 3 is 2.42 bits per heavy atom. The van der Waals surface area contributed by atoms with E-state index in [1.54, 1.807) is 16.4 Å².